The number of nitrogens with zero attached hydrogens (tertiary/aromatic N) is 1. The Morgan fingerprint density at radius 3 is 2.81 bits per heavy atom. The van der Waals surface area contributed by atoms with Crippen LogP contribution in [0.25, 0.3) is 11.3 Å². The minimum Gasteiger partial charge on any atom is -0.463 e. The average molecular weight is 293 g/mol. The largest absolute Gasteiger partial charge is 0.463 e. The maximum atomic E-state index is 13.1. The van der Waals surface area contributed by atoms with E-state index in [0.717, 1.165) is 12.8 Å². The van der Waals surface area contributed by atoms with E-state index >= 15 is 0 Å². The van der Waals surface area contributed by atoms with Crippen molar-refractivity contribution in [1.29, 1.82) is 0 Å². The number of hydrogen-bond donors (Lipinski definition) is 0. The third kappa shape index (κ3) is 2.66. The molecule has 2 aromatic rings. The van der Waals surface area contributed by atoms with E-state index in [2.05, 4.69) is 5.16 Å². The van der Waals surface area contributed by atoms with Crippen LogP contribution in [0.2, 0.25) is 0 Å². The van der Waals surface area contributed by atoms with Gasteiger partial charge in [-0.3, -0.25) is 4.79 Å². The van der Waals surface area contributed by atoms with E-state index in [4.69, 9.17) is 9.26 Å². The summed E-state index contributed by atoms with van der Waals surface area (Å²) in [5, 5.41) is 3.94. The van der Waals surface area contributed by atoms with Gasteiger partial charge in [0.1, 0.15) is 18.1 Å². The molecule has 3 rings (SSSR count). The number of alkyl halides is 2. The highest BCUT2D eigenvalue weighted by Crippen LogP contribution is 2.45. The lowest BCUT2D eigenvalue weighted by atomic mass is 10.00. The standard InChI is InChI=1S/C15H13F2NO3/c16-15(17)11-4-2-1-3-10(11)13-12(7-20-8-19)14(21-18-13)9-5-6-9/h1-4,8-9,15H,5-7H2. The fraction of sp³-hybridized carbons (Fsp3) is 0.333. The van der Waals surface area contributed by atoms with Gasteiger partial charge in [-0.05, 0) is 12.8 Å². The SMILES string of the molecule is O=COCc1c(-c2ccccc2C(F)F)noc1C1CC1. The highest BCUT2D eigenvalue weighted by molar-refractivity contribution is 5.68. The Kier molecular flexibility index (Phi) is 3.68. The summed E-state index contributed by atoms with van der Waals surface area (Å²) < 4.78 is 36.4. The van der Waals surface area contributed by atoms with Crippen molar-refractivity contribution < 1.29 is 22.8 Å². The first kappa shape index (κ1) is 13.7. The van der Waals surface area contributed by atoms with Crippen LogP contribution in [-0.4, -0.2) is 11.6 Å². The highest BCUT2D eigenvalue weighted by atomic mass is 19.3. The molecule has 21 heavy (non-hydrogen) atoms. The topological polar surface area (TPSA) is 52.3 Å². The average Bonchev–Trinajstić information content (AvgIpc) is 3.25. The van der Waals surface area contributed by atoms with Gasteiger partial charge >= 0.3 is 0 Å². The summed E-state index contributed by atoms with van der Waals surface area (Å²) in [4.78, 5) is 10.4. The molecule has 0 bridgehead atoms. The number of halogens is 2. The molecule has 1 aliphatic carbocycles. The summed E-state index contributed by atoms with van der Waals surface area (Å²) in [7, 11) is 0. The molecule has 1 fully saturated rings. The van der Waals surface area contributed by atoms with Gasteiger partial charge in [-0.1, -0.05) is 29.4 Å². The molecule has 1 aliphatic rings. The zero-order chi connectivity index (χ0) is 14.8. The molecule has 0 aliphatic heterocycles. The molecule has 0 spiro atoms. The summed E-state index contributed by atoms with van der Waals surface area (Å²) in [5.41, 5.74) is 1.11. The van der Waals surface area contributed by atoms with Crippen molar-refractivity contribution in [3.05, 3.63) is 41.2 Å². The van der Waals surface area contributed by atoms with Crippen molar-refractivity contribution in [3.63, 3.8) is 0 Å². The number of aromatic nitrogens is 1. The Bertz CT molecular complexity index is 650. The van der Waals surface area contributed by atoms with Crippen LogP contribution >= 0.6 is 0 Å². The fourth-order valence-corrected chi connectivity index (χ4v) is 2.36. The lowest BCUT2D eigenvalue weighted by Crippen LogP contribution is -1.97. The van der Waals surface area contributed by atoms with Crippen molar-refractivity contribution >= 4 is 6.47 Å². The zero-order valence-electron chi connectivity index (χ0n) is 11.1. The molecule has 0 amide bonds. The minimum atomic E-state index is -2.61. The summed E-state index contributed by atoms with van der Waals surface area (Å²) in [6.45, 7) is 0.304. The number of benzene rings is 1. The quantitative estimate of drug-likeness (QED) is 0.759. The Balaban J connectivity index is 2.07. The van der Waals surface area contributed by atoms with Crippen LogP contribution < -0.4 is 0 Å². The number of hydrogen-bond acceptors (Lipinski definition) is 4. The van der Waals surface area contributed by atoms with Gasteiger partial charge in [-0.2, -0.15) is 0 Å². The summed E-state index contributed by atoms with van der Waals surface area (Å²) in [6.07, 6.45) is -0.666. The van der Waals surface area contributed by atoms with Crippen LogP contribution in [0.3, 0.4) is 0 Å². The molecule has 0 N–H and O–H groups in total. The van der Waals surface area contributed by atoms with E-state index < -0.39 is 6.43 Å². The maximum Gasteiger partial charge on any atom is 0.293 e. The van der Waals surface area contributed by atoms with Crippen LogP contribution in [0.5, 0.6) is 0 Å². The first-order valence-electron chi connectivity index (χ1n) is 6.63. The smallest absolute Gasteiger partial charge is 0.293 e. The Hall–Kier alpha value is -2.24. The zero-order valence-corrected chi connectivity index (χ0v) is 11.1. The molecule has 110 valence electrons. The molecule has 0 saturated heterocycles. The second-order valence-electron chi connectivity index (χ2n) is 4.94. The third-order valence-corrected chi connectivity index (χ3v) is 3.51. The van der Waals surface area contributed by atoms with Crippen LogP contribution in [-0.2, 0) is 16.1 Å². The Morgan fingerprint density at radius 1 is 1.38 bits per heavy atom. The van der Waals surface area contributed by atoms with Crippen molar-refractivity contribution in [1.82, 2.24) is 5.16 Å². The van der Waals surface area contributed by atoms with E-state index in [9.17, 15) is 13.6 Å². The van der Waals surface area contributed by atoms with E-state index in [-0.39, 0.29) is 18.1 Å². The first-order valence-corrected chi connectivity index (χ1v) is 6.63. The third-order valence-electron chi connectivity index (χ3n) is 3.51. The van der Waals surface area contributed by atoms with Crippen LogP contribution in [0.1, 0.15) is 42.1 Å². The molecule has 0 unspecified atom stereocenters. The van der Waals surface area contributed by atoms with Gasteiger partial charge in [0.05, 0.1) is 5.56 Å². The lowest BCUT2D eigenvalue weighted by molar-refractivity contribution is -0.129. The fourth-order valence-electron chi connectivity index (χ4n) is 2.36. The molecule has 4 nitrogen and oxygen atoms in total. The minimum absolute atomic E-state index is 0.0221. The first-order chi connectivity index (χ1) is 10.2. The predicted molar refractivity (Wildman–Crippen MR) is 69.7 cm³/mol. The van der Waals surface area contributed by atoms with Gasteiger partial charge < -0.3 is 9.26 Å². The van der Waals surface area contributed by atoms with Crippen LogP contribution in [0, 0.1) is 0 Å². The second kappa shape index (κ2) is 5.63. The van der Waals surface area contributed by atoms with Gasteiger partial charge in [0, 0.05) is 17.0 Å². The second-order valence-corrected chi connectivity index (χ2v) is 4.94. The molecule has 1 heterocycles. The lowest BCUT2D eigenvalue weighted by Gasteiger charge is -2.08. The molecule has 0 atom stereocenters. The Morgan fingerprint density at radius 2 is 2.14 bits per heavy atom. The number of carbonyl (C=O) groups excluding carboxylic acids is 1. The maximum absolute atomic E-state index is 13.1. The van der Waals surface area contributed by atoms with Gasteiger partial charge in [0.15, 0.2) is 0 Å². The van der Waals surface area contributed by atoms with Gasteiger partial charge in [-0.25, -0.2) is 8.78 Å². The molecule has 1 aromatic carbocycles. The Labute approximate surface area is 119 Å². The van der Waals surface area contributed by atoms with Crippen molar-refractivity contribution in [2.45, 2.75) is 31.8 Å². The molecule has 1 aromatic heterocycles. The monoisotopic (exact) mass is 293 g/mol. The van der Waals surface area contributed by atoms with E-state index in [1.54, 1.807) is 18.2 Å². The number of carbonyl (C=O) groups is 1. The number of rotatable bonds is 6. The predicted octanol–water partition coefficient (Wildman–Crippen LogP) is 3.83. The molecule has 1 saturated carbocycles. The van der Waals surface area contributed by atoms with Gasteiger partial charge in [0.25, 0.3) is 12.9 Å². The highest BCUT2D eigenvalue weighted by Gasteiger charge is 2.33. The van der Waals surface area contributed by atoms with E-state index in [0.29, 0.717) is 29.1 Å². The van der Waals surface area contributed by atoms with Crippen LogP contribution in [0.15, 0.2) is 28.8 Å². The van der Waals surface area contributed by atoms with E-state index in [1.807, 2.05) is 0 Å². The molecule has 6 heteroatoms. The van der Waals surface area contributed by atoms with Gasteiger partial charge in [0.2, 0.25) is 0 Å². The van der Waals surface area contributed by atoms with Crippen molar-refractivity contribution in [2.24, 2.45) is 0 Å². The van der Waals surface area contributed by atoms with Crippen LogP contribution in [0.4, 0.5) is 8.78 Å². The molecule has 0 radical (unpaired) electrons. The van der Waals surface area contributed by atoms with Gasteiger partial charge in [-0.15, -0.1) is 0 Å². The summed E-state index contributed by atoms with van der Waals surface area (Å²) in [5.74, 6) is 0.881. The number of ether oxygens (including phenoxy) is 1. The van der Waals surface area contributed by atoms with E-state index in [1.165, 1.54) is 6.07 Å². The van der Waals surface area contributed by atoms with Crippen molar-refractivity contribution in [3.8, 4) is 11.3 Å². The molecular weight excluding hydrogens is 280 g/mol. The molecular formula is C15H13F2NO3. The summed E-state index contributed by atoms with van der Waals surface area (Å²) in [6, 6.07) is 6.14. The van der Waals surface area contributed by atoms with Crippen molar-refractivity contribution in [2.75, 3.05) is 0 Å². The normalized spacial score (nSPS) is 14.4. The summed E-state index contributed by atoms with van der Waals surface area (Å²) >= 11 is 0.